The van der Waals surface area contributed by atoms with Gasteiger partial charge >= 0.3 is 0 Å². The summed E-state index contributed by atoms with van der Waals surface area (Å²) in [6.45, 7) is 2.72. The molecule has 1 aromatic heterocycles. The number of ether oxygens (including phenoxy) is 1. The Morgan fingerprint density at radius 1 is 1.57 bits per heavy atom. The van der Waals surface area contributed by atoms with Crippen LogP contribution in [0.1, 0.15) is 6.42 Å². The molecule has 1 atom stereocenters. The van der Waals surface area contributed by atoms with Crippen molar-refractivity contribution in [1.29, 1.82) is 0 Å². The molecule has 4 nitrogen and oxygen atoms in total. The number of aromatic nitrogens is 1. The molecule has 0 amide bonds. The van der Waals surface area contributed by atoms with E-state index in [2.05, 4.69) is 10.3 Å². The number of nitrogens with zero attached hydrogens (tertiary/aromatic N) is 1. The van der Waals surface area contributed by atoms with Crippen molar-refractivity contribution < 1.29 is 4.74 Å². The third-order valence-corrected chi connectivity index (χ3v) is 2.41. The third-order valence-electron chi connectivity index (χ3n) is 2.41. The molecule has 0 saturated carbocycles. The molecule has 0 aromatic carbocycles. The standard InChI is InChI=1S/C10H15N3O/c11-10-2-1-9(6-13-10)12-5-8-3-4-14-7-8/h1-2,6,8,12H,3-5,7H2,(H2,11,13). The van der Waals surface area contributed by atoms with E-state index >= 15 is 0 Å². The number of nitrogens with two attached hydrogens (primary N) is 1. The second kappa shape index (κ2) is 4.28. The Kier molecular flexibility index (Phi) is 2.84. The zero-order valence-electron chi connectivity index (χ0n) is 8.07. The van der Waals surface area contributed by atoms with Gasteiger partial charge in [0.2, 0.25) is 0 Å². The molecule has 1 aliphatic rings. The highest BCUT2D eigenvalue weighted by Crippen LogP contribution is 2.14. The van der Waals surface area contributed by atoms with E-state index in [0.717, 1.165) is 31.9 Å². The summed E-state index contributed by atoms with van der Waals surface area (Å²) in [7, 11) is 0. The van der Waals surface area contributed by atoms with E-state index in [9.17, 15) is 0 Å². The zero-order chi connectivity index (χ0) is 9.80. The highest BCUT2D eigenvalue weighted by Gasteiger charge is 2.14. The molecule has 14 heavy (non-hydrogen) atoms. The van der Waals surface area contributed by atoms with Gasteiger partial charge in [-0.05, 0) is 18.6 Å². The van der Waals surface area contributed by atoms with Crippen LogP contribution >= 0.6 is 0 Å². The molecule has 2 rings (SSSR count). The van der Waals surface area contributed by atoms with E-state index in [4.69, 9.17) is 10.5 Å². The number of rotatable bonds is 3. The Morgan fingerprint density at radius 2 is 2.50 bits per heavy atom. The Balaban J connectivity index is 1.82. The molecule has 1 fully saturated rings. The van der Waals surface area contributed by atoms with E-state index in [-0.39, 0.29) is 0 Å². The number of hydrogen-bond acceptors (Lipinski definition) is 4. The smallest absolute Gasteiger partial charge is 0.123 e. The predicted molar refractivity (Wildman–Crippen MR) is 56.1 cm³/mol. The van der Waals surface area contributed by atoms with Crippen LogP contribution in [-0.2, 0) is 4.74 Å². The van der Waals surface area contributed by atoms with Crippen LogP contribution in [0.3, 0.4) is 0 Å². The van der Waals surface area contributed by atoms with E-state index in [0.29, 0.717) is 11.7 Å². The molecule has 3 N–H and O–H groups in total. The van der Waals surface area contributed by atoms with E-state index in [1.165, 1.54) is 0 Å². The number of nitrogens with one attached hydrogen (secondary N) is 1. The molecule has 0 radical (unpaired) electrons. The van der Waals surface area contributed by atoms with E-state index in [1.54, 1.807) is 12.3 Å². The Bertz CT molecular complexity index is 280. The first-order chi connectivity index (χ1) is 6.84. The average molecular weight is 193 g/mol. The first-order valence-electron chi connectivity index (χ1n) is 4.88. The lowest BCUT2D eigenvalue weighted by atomic mass is 10.1. The largest absolute Gasteiger partial charge is 0.384 e. The van der Waals surface area contributed by atoms with Crippen molar-refractivity contribution in [2.75, 3.05) is 30.8 Å². The molecule has 4 heteroatoms. The van der Waals surface area contributed by atoms with Crippen molar-refractivity contribution in [2.45, 2.75) is 6.42 Å². The quantitative estimate of drug-likeness (QED) is 0.755. The second-order valence-corrected chi connectivity index (χ2v) is 3.58. The van der Waals surface area contributed by atoms with Gasteiger partial charge in [0.15, 0.2) is 0 Å². The molecule has 0 spiro atoms. The fourth-order valence-corrected chi connectivity index (χ4v) is 1.52. The van der Waals surface area contributed by atoms with E-state index in [1.807, 2.05) is 6.07 Å². The minimum Gasteiger partial charge on any atom is -0.384 e. The monoisotopic (exact) mass is 193 g/mol. The summed E-state index contributed by atoms with van der Waals surface area (Å²) >= 11 is 0. The summed E-state index contributed by atoms with van der Waals surface area (Å²) in [6, 6.07) is 3.74. The minimum absolute atomic E-state index is 0.555. The van der Waals surface area contributed by atoms with E-state index < -0.39 is 0 Å². The van der Waals surface area contributed by atoms with Crippen LogP contribution in [0, 0.1) is 5.92 Å². The van der Waals surface area contributed by atoms with Gasteiger partial charge in [-0.15, -0.1) is 0 Å². The van der Waals surface area contributed by atoms with Crippen molar-refractivity contribution in [3.63, 3.8) is 0 Å². The fourth-order valence-electron chi connectivity index (χ4n) is 1.52. The lowest BCUT2D eigenvalue weighted by molar-refractivity contribution is 0.187. The first-order valence-corrected chi connectivity index (χ1v) is 4.88. The van der Waals surface area contributed by atoms with Crippen LogP contribution < -0.4 is 11.1 Å². The molecule has 1 unspecified atom stereocenters. The average Bonchev–Trinajstić information content (AvgIpc) is 2.70. The van der Waals surface area contributed by atoms with Crippen LogP contribution in [0.5, 0.6) is 0 Å². The molecular weight excluding hydrogens is 178 g/mol. The Morgan fingerprint density at radius 3 is 3.14 bits per heavy atom. The summed E-state index contributed by atoms with van der Waals surface area (Å²) in [4.78, 5) is 4.01. The fraction of sp³-hybridized carbons (Fsp3) is 0.500. The maximum Gasteiger partial charge on any atom is 0.123 e. The summed E-state index contributed by atoms with van der Waals surface area (Å²) in [5.74, 6) is 1.19. The van der Waals surface area contributed by atoms with Crippen LogP contribution in [0.2, 0.25) is 0 Å². The number of hydrogen-bond donors (Lipinski definition) is 2. The molecule has 0 aliphatic carbocycles. The Hall–Kier alpha value is -1.29. The highest BCUT2D eigenvalue weighted by molar-refractivity contribution is 5.45. The van der Waals surface area contributed by atoms with Crippen molar-refractivity contribution in [1.82, 2.24) is 4.98 Å². The van der Waals surface area contributed by atoms with Gasteiger partial charge in [-0.3, -0.25) is 0 Å². The maximum atomic E-state index is 5.49. The molecule has 76 valence electrons. The van der Waals surface area contributed by atoms with Gasteiger partial charge in [-0.25, -0.2) is 4.98 Å². The highest BCUT2D eigenvalue weighted by atomic mass is 16.5. The summed E-state index contributed by atoms with van der Waals surface area (Å²) in [5.41, 5.74) is 6.51. The van der Waals surface area contributed by atoms with Gasteiger partial charge in [0, 0.05) is 19.1 Å². The lowest BCUT2D eigenvalue weighted by Gasteiger charge is -2.10. The SMILES string of the molecule is Nc1ccc(NCC2CCOC2)cn1. The summed E-state index contributed by atoms with van der Waals surface area (Å²) in [5, 5.41) is 3.32. The lowest BCUT2D eigenvalue weighted by Crippen LogP contribution is -2.14. The molecule has 1 saturated heterocycles. The first kappa shape index (κ1) is 9.27. The van der Waals surface area contributed by atoms with Gasteiger partial charge < -0.3 is 15.8 Å². The van der Waals surface area contributed by atoms with Crippen LogP contribution in [0.4, 0.5) is 11.5 Å². The summed E-state index contributed by atoms with van der Waals surface area (Å²) in [6.07, 6.45) is 2.90. The van der Waals surface area contributed by atoms with Gasteiger partial charge in [-0.2, -0.15) is 0 Å². The Labute approximate surface area is 83.5 Å². The van der Waals surface area contributed by atoms with Crippen LogP contribution in [0.15, 0.2) is 18.3 Å². The topological polar surface area (TPSA) is 60.2 Å². The zero-order valence-corrected chi connectivity index (χ0v) is 8.07. The van der Waals surface area contributed by atoms with Crippen LogP contribution in [-0.4, -0.2) is 24.7 Å². The number of nitrogen functional groups attached to an aromatic ring is 1. The van der Waals surface area contributed by atoms with Gasteiger partial charge in [0.25, 0.3) is 0 Å². The van der Waals surface area contributed by atoms with Gasteiger partial charge in [-0.1, -0.05) is 0 Å². The molecule has 0 bridgehead atoms. The molecular formula is C10H15N3O. The van der Waals surface area contributed by atoms with Crippen molar-refractivity contribution in [3.8, 4) is 0 Å². The maximum absolute atomic E-state index is 5.49. The second-order valence-electron chi connectivity index (χ2n) is 3.58. The van der Waals surface area contributed by atoms with Crippen molar-refractivity contribution in [3.05, 3.63) is 18.3 Å². The molecule has 1 aliphatic heterocycles. The van der Waals surface area contributed by atoms with Crippen LogP contribution in [0.25, 0.3) is 0 Å². The third kappa shape index (κ3) is 2.35. The number of anilines is 2. The van der Waals surface area contributed by atoms with Crippen molar-refractivity contribution in [2.24, 2.45) is 5.92 Å². The molecule has 2 heterocycles. The summed E-state index contributed by atoms with van der Waals surface area (Å²) < 4.78 is 5.29. The normalized spacial score (nSPS) is 21.0. The predicted octanol–water partition coefficient (Wildman–Crippen LogP) is 1.11. The number of pyridine rings is 1. The van der Waals surface area contributed by atoms with Gasteiger partial charge in [0.1, 0.15) is 5.82 Å². The molecule has 1 aromatic rings. The van der Waals surface area contributed by atoms with Crippen molar-refractivity contribution >= 4 is 11.5 Å². The van der Waals surface area contributed by atoms with Gasteiger partial charge in [0.05, 0.1) is 18.5 Å². The minimum atomic E-state index is 0.555.